The minimum Gasteiger partial charge on any atom is -0.493 e. The van der Waals surface area contributed by atoms with E-state index in [9.17, 15) is 9.59 Å². The molecule has 3 rings (SSSR count). The molecule has 0 saturated heterocycles. The first kappa shape index (κ1) is 24.6. The SMILES string of the molecule is COc1ccc(CCC(=O)N(Cc2cccc(C)c2)[C@H](C)C(=O)NC2CCCC2)cc1OC. The lowest BCUT2D eigenvalue weighted by Crippen LogP contribution is -2.49. The molecule has 1 aliphatic carbocycles. The molecule has 6 heteroatoms. The Kier molecular flexibility index (Phi) is 8.75. The zero-order valence-corrected chi connectivity index (χ0v) is 20.2. The quantitative estimate of drug-likeness (QED) is 0.579. The number of methoxy groups -OCH3 is 2. The van der Waals surface area contributed by atoms with Gasteiger partial charge in [0.05, 0.1) is 14.2 Å². The summed E-state index contributed by atoms with van der Waals surface area (Å²) in [6, 6.07) is 13.5. The zero-order chi connectivity index (χ0) is 23.8. The number of nitrogens with one attached hydrogen (secondary N) is 1. The van der Waals surface area contributed by atoms with E-state index in [2.05, 4.69) is 11.4 Å². The molecule has 0 unspecified atom stereocenters. The van der Waals surface area contributed by atoms with Gasteiger partial charge in [-0.1, -0.05) is 48.7 Å². The number of hydrogen-bond acceptors (Lipinski definition) is 4. The van der Waals surface area contributed by atoms with Crippen LogP contribution in [-0.4, -0.2) is 43.0 Å². The molecular weight excluding hydrogens is 416 g/mol. The Bertz CT molecular complexity index is 953. The van der Waals surface area contributed by atoms with Crippen molar-refractivity contribution in [1.29, 1.82) is 0 Å². The molecule has 2 aromatic carbocycles. The molecule has 0 radical (unpaired) electrons. The van der Waals surface area contributed by atoms with Crippen molar-refractivity contribution in [3.63, 3.8) is 0 Å². The van der Waals surface area contributed by atoms with Crippen molar-refractivity contribution in [3.05, 3.63) is 59.2 Å². The van der Waals surface area contributed by atoms with Gasteiger partial charge in [-0.05, 0) is 56.4 Å². The molecule has 1 N–H and O–H groups in total. The second kappa shape index (κ2) is 11.7. The predicted octanol–water partition coefficient (Wildman–Crippen LogP) is 4.42. The molecule has 1 aliphatic rings. The lowest BCUT2D eigenvalue weighted by Gasteiger charge is -2.30. The highest BCUT2D eigenvalue weighted by atomic mass is 16.5. The van der Waals surface area contributed by atoms with Gasteiger partial charge in [-0.3, -0.25) is 9.59 Å². The van der Waals surface area contributed by atoms with Crippen LogP contribution in [0.1, 0.15) is 55.7 Å². The highest BCUT2D eigenvalue weighted by molar-refractivity contribution is 5.87. The number of hydrogen-bond donors (Lipinski definition) is 1. The van der Waals surface area contributed by atoms with Gasteiger partial charge in [-0.15, -0.1) is 0 Å². The monoisotopic (exact) mass is 452 g/mol. The molecule has 33 heavy (non-hydrogen) atoms. The summed E-state index contributed by atoms with van der Waals surface area (Å²) in [6.45, 7) is 4.27. The molecule has 0 aromatic heterocycles. The summed E-state index contributed by atoms with van der Waals surface area (Å²) in [5.74, 6) is 1.18. The van der Waals surface area contributed by atoms with Gasteiger partial charge >= 0.3 is 0 Å². The van der Waals surface area contributed by atoms with Gasteiger partial charge in [0, 0.05) is 19.0 Å². The largest absolute Gasteiger partial charge is 0.493 e. The summed E-state index contributed by atoms with van der Waals surface area (Å²) < 4.78 is 10.7. The molecule has 0 aliphatic heterocycles. The Hall–Kier alpha value is -3.02. The third kappa shape index (κ3) is 6.73. The third-order valence-corrected chi connectivity index (χ3v) is 6.38. The lowest BCUT2D eigenvalue weighted by atomic mass is 10.1. The Morgan fingerprint density at radius 3 is 2.42 bits per heavy atom. The van der Waals surface area contributed by atoms with E-state index < -0.39 is 6.04 Å². The van der Waals surface area contributed by atoms with Crippen LogP contribution < -0.4 is 14.8 Å². The summed E-state index contributed by atoms with van der Waals surface area (Å²) in [5.41, 5.74) is 3.14. The van der Waals surface area contributed by atoms with E-state index >= 15 is 0 Å². The van der Waals surface area contributed by atoms with Crippen LogP contribution in [0.4, 0.5) is 0 Å². The minimum atomic E-state index is -0.538. The predicted molar refractivity (Wildman–Crippen MR) is 129 cm³/mol. The van der Waals surface area contributed by atoms with Crippen LogP contribution >= 0.6 is 0 Å². The van der Waals surface area contributed by atoms with Crippen molar-refractivity contribution in [3.8, 4) is 11.5 Å². The van der Waals surface area contributed by atoms with Crippen LogP contribution in [0, 0.1) is 6.92 Å². The third-order valence-electron chi connectivity index (χ3n) is 6.38. The standard InChI is InChI=1S/C27H36N2O4/c1-19-8-7-9-22(16-19)18-29(20(2)27(31)28-23-10-5-6-11-23)26(30)15-13-21-12-14-24(32-3)25(17-21)33-4/h7-9,12,14,16-17,20,23H,5-6,10-11,13,15,18H2,1-4H3,(H,28,31)/t20-/m1/s1. The van der Waals surface area contributed by atoms with Crippen LogP contribution in [0.2, 0.25) is 0 Å². The van der Waals surface area contributed by atoms with Gasteiger partial charge in [0.1, 0.15) is 6.04 Å². The normalized spacial score (nSPS) is 14.5. The number of benzene rings is 2. The molecule has 0 spiro atoms. The molecule has 2 amide bonds. The maximum atomic E-state index is 13.4. The number of carbonyl (C=O) groups is 2. The van der Waals surface area contributed by atoms with E-state index in [0.29, 0.717) is 30.9 Å². The maximum absolute atomic E-state index is 13.4. The fourth-order valence-electron chi connectivity index (χ4n) is 4.41. The van der Waals surface area contributed by atoms with Gasteiger partial charge in [0.25, 0.3) is 0 Å². The average molecular weight is 453 g/mol. The van der Waals surface area contributed by atoms with E-state index in [0.717, 1.165) is 42.4 Å². The van der Waals surface area contributed by atoms with Gasteiger partial charge in [0.15, 0.2) is 11.5 Å². The van der Waals surface area contributed by atoms with E-state index in [1.165, 1.54) is 0 Å². The first-order valence-corrected chi connectivity index (χ1v) is 11.8. The minimum absolute atomic E-state index is 0.0413. The first-order valence-electron chi connectivity index (χ1n) is 11.8. The maximum Gasteiger partial charge on any atom is 0.242 e. The van der Waals surface area contributed by atoms with Crippen molar-refractivity contribution in [2.45, 2.75) is 71.0 Å². The van der Waals surface area contributed by atoms with Crippen LogP contribution in [0.25, 0.3) is 0 Å². The molecular formula is C27H36N2O4. The Balaban J connectivity index is 1.72. The summed E-state index contributed by atoms with van der Waals surface area (Å²) in [7, 11) is 3.20. The van der Waals surface area contributed by atoms with E-state index in [1.54, 1.807) is 19.1 Å². The second-order valence-electron chi connectivity index (χ2n) is 8.87. The molecule has 6 nitrogen and oxygen atoms in total. The number of rotatable bonds is 10. The molecule has 178 valence electrons. The molecule has 2 aromatic rings. The van der Waals surface area contributed by atoms with Gasteiger partial charge in [-0.25, -0.2) is 0 Å². The highest BCUT2D eigenvalue weighted by Gasteiger charge is 2.28. The molecule has 0 bridgehead atoms. The smallest absolute Gasteiger partial charge is 0.242 e. The Morgan fingerprint density at radius 1 is 1.03 bits per heavy atom. The summed E-state index contributed by atoms with van der Waals surface area (Å²) in [5, 5.41) is 3.15. The summed E-state index contributed by atoms with van der Waals surface area (Å²) in [6.07, 6.45) is 5.20. The Labute approximate surface area is 197 Å². The van der Waals surface area contributed by atoms with Crippen molar-refractivity contribution in [1.82, 2.24) is 10.2 Å². The number of ether oxygens (including phenoxy) is 2. The summed E-state index contributed by atoms with van der Waals surface area (Å²) in [4.78, 5) is 28.1. The van der Waals surface area contributed by atoms with Crippen LogP contribution in [0.3, 0.4) is 0 Å². The van der Waals surface area contributed by atoms with Crippen molar-refractivity contribution in [2.24, 2.45) is 0 Å². The van der Waals surface area contributed by atoms with E-state index in [4.69, 9.17) is 9.47 Å². The van der Waals surface area contributed by atoms with Gasteiger partial charge in [0.2, 0.25) is 11.8 Å². The summed E-state index contributed by atoms with van der Waals surface area (Å²) >= 11 is 0. The van der Waals surface area contributed by atoms with Crippen molar-refractivity contribution >= 4 is 11.8 Å². The average Bonchev–Trinajstić information content (AvgIpc) is 3.33. The van der Waals surface area contributed by atoms with Gasteiger partial charge in [-0.2, -0.15) is 0 Å². The zero-order valence-electron chi connectivity index (χ0n) is 20.2. The number of nitrogens with zero attached hydrogens (tertiary/aromatic N) is 1. The number of aryl methyl sites for hydroxylation is 2. The van der Waals surface area contributed by atoms with Gasteiger partial charge < -0.3 is 19.7 Å². The van der Waals surface area contributed by atoms with Crippen molar-refractivity contribution in [2.75, 3.05) is 14.2 Å². The fourth-order valence-corrected chi connectivity index (χ4v) is 4.41. The number of carbonyl (C=O) groups excluding carboxylic acids is 2. The lowest BCUT2D eigenvalue weighted by molar-refractivity contribution is -0.140. The first-order chi connectivity index (χ1) is 15.9. The second-order valence-corrected chi connectivity index (χ2v) is 8.87. The topological polar surface area (TPSA) is 67.9 Å². The molecule has 0 heterocycles. The Morgan fingerprint density at radius 2 is 1.76 bits per heavy atom. The highest BCUT2D eigenvalue weighted by Crippen LogP contribution is 2.28. The van der Waals surface area contributed by atoms with Crippen LogP contribution in [0.5, 0.6) is 11.5 Å². The molecule has 1 atom stereocenters. The number of amides is 2. The van der Waals surface area contributed by atoms with Crippen molar-refractivity contribution < 1.29 is 19.1 Å². The van der Waals surface area contributed by atoms with E-state index in [-0.39, 0.29) is 17.9 Å². The molecule has 1 saturated carbocycles. The van der Waals surface area contributed by atoms with Crippen LogP contribution in [0.15, 0.2) is 42.5 Å². The fraction of sp³-hybridized carbons (Fsp3) is 0.481. The molecule has 1 fully saturated rings. The van der Waals surface area contributed by atoms with Crippen LogP contribution in [-0.2, 0) is 22.6 Å². The van der Waals surface area contributed by atoms with E-state index in [1.807, 2.05) is 50.2 Å².